The van der Waals surface area contributed by atoms with Gasteiger partial charge in [0.2, 0.25) is 0 Å². The van der Waals surface area contributed by atoms with Gasteiger partial charge in [0.05, 0.1) is 36.2 Å². The van der Waals surface area contributed by atoms with Gasteiger partial charge in [-0.2, -0.15) is 0 Å². The Morgan fingerprint density at radius 3 is 2.38 bits per heavy atom. The molecule has 0 aliphatic heterocycles. The maximum atomic E-state index is 13.4. The molecule has 0 saturated heterocycles. The Labute approximate surface area is 248 Å². The normalized spacial score (nSPS) is 11.5. The monoisotopic (exact) mass is 617 g/mol. The molecule has 7 aromatic rings. The van der Waals surface area contributed by atoms with Gasteiger partial charge in [-0.3, -0.25) is 14.0 Å². The first-order valence-electron chi connectivity index (χ1n) is 13.4. The van der Waals surface area contributed by atoms with Crippen molar-refractivity contribution < 1.29 is 4.79 Å². The van der Waals surface area contributed by atoms with E-state index in [1.54, 1.807) is 23.0 Å². The number of halogens is 1. The minimum atomic E-state index is -0.303. The summed E-state index contributed by atoms with van der Waals surface area (Å²) < 4.78 is 6.11. The van der Waals surface area contributed by atoms with Crippen LogP contribution in [0.1, 0.15) is 27.3 Å². The summed E-state index contributed by atoms with van der Waals surface area (Å²) >= 11 is 3.37. The number of benzene rings is 3. The van der Waals surface area contributed by atoms with Gasteiger partial charge in [0.1, 0.15) is 11.3 Å². The molecule has 7 rings (SSSR count). The summed E-state index contributed by atoms with van der Waals surface area (Å²) in [5.41, 5.74) is 5.80. The fraction of sp³-hybridized carbons (Fsp3) is 0.0938. The number of carbonyl (C=O) groups is 1. The standard InChI is InChI=1S/C32H24BrN7O2/c1-20-10-12-26(32(42)34-16-22-15-31(41)39-17-21(33)11-13-30(39)35-22)29(14-20)40-19-23(36-37-40)18-38-27-8-4-2-6-24(27)25-7-3-5-9-28(25)38/h2-15,17,19H,16,18H2,1H3,(H,34,42). The minimum Gasteiger partial charge on any atom is -0.346 e. The van der Waals surface area contributed by atoms with Crippen molar-refractivity contribution in [3.05, 3.63) is 135 Å². The van der Waals surface area contributed by atoms with Crippen LogP contribution in [0.5, 0.6) is 0 Å². The molecule has 1 N–H and O–H groups in total. The van der Waals surface area contributed by atoms with Gasteiger partial charge in [-0.05, 0) is 64.8 Å². The van der Waals surface area contributed by atoms with Crippen molar-refractivity contribution in [3.8, 4) is 5.69 Å². The number of carbonyl (C=O) groups excluding carboxylic acids is 1. The molecule has 1 amide bonds. The molecule has 10 heteroatoms. The summed E-state index contributed by atoms with van der Waals surface area (Å²) in [4.78, 5) is 30.5. The van der Waals surface area contributed by atoms with Crippen LogP contribution in [0.15, 0.2) is 107 Å². The van der Waals surface area contributed by atoms with Gasteiger partial charge in [-0.15, -0.1) is 5.10 Å². The van der Waals surface area contributed by atoms with Crippen LogP contribution < -0.4 is 10.9 Å². The van der Waals surface area contributed by atoms with Gasteiger partial charge >= 0.3 is 0 Å². The number of rotatable bonds is 6. The number of nitrogens with one attached hydrogen (secondary N) is 1. The number of hydrogen-bond acceptors (Lipinski definition) is 5. The molecule has 206 valence electrons. The fourth-order valence-electron chi connectivity index (χ4n) is 5.33. The number of aromatic nitrogens is 6. The van der Waals surface area contributed by atoms with Crippen LogP contribution in [0.25, 0.3) is 33.1 Å². The molecule has 0 aliphatic carbocycles. The first kappa shape index (κ1) is 25.8. The van der Waals surface area contributed by atoms with Crippen molar-refractivity contribution in [1.82, 2.24) is 34.3 Å². The van der Waals surface area contributed by atoms with Crippen LogP contribution in [-0.2, 0) is 13.1 Å². The number of hydrogen-bond donors (Lipinski definition) is 1. The van der Waals surface area contributed by atoms with Gasteiger partial charge in [-0.1, -0.05) is 47.7 Å². The molecule has 3 aromatic carbocycles. The van der Waals surface area contributed by atoms with Crippen molar-refractivity contribution >= 4 is 49.3 Å². The first-order chi connectivity index (χ1) is 20.4. The third kappa shape index (κ3) is 4.65. The summed E-state index contributed by atoms with van der Waals surface area (Å²) in [7, 11) is 0. The Bertz CT molecular complexity index is 2160. The quantitative estimate of drug-likeness (QED) is 0.268. The van der Waals surface area contributed by atoms with Gasteiger partial charge in [0, 0.05) is 38.5 Å². The lowest BCUT2D eigenvalue weighted by Gasteiger charge is -2.11. The lowest BCUT2D eigenvalue weighted by atomic mass is 10.1. The van der Waals surface area contributed by atoms with E-state index in [9.17, 15) is 9.59 Å². The number of fused-ring (bicyclic) bond motifs is 4. The fourth-order valence-corrected chi connectivity index (χ4v) is 5.67. The highest BCUT2D eigenvalue weighted by molar-refractivity contribution is 9.10. The predicted octanol–water partition coefficient (Wildman–Crippen LogP) is 5.43. The molecule has 0 radical (unpaired) electrons. The minimum absolute atomic E-state index is 0.102. The third-order valence-corrected chi connectivity index (χ3v) is 7.76. The average Bonchev–Trinajstić information content (AvgIpc) is 3.60. The summed E-state index contributed by atoms with van der Waals surface area (Å²) in [6.07, 6.45) is 3.53. The topological polar surface area (TPSA) is 99.1 Å². The molecule has 0 aliphatic rings. The molecule has 0 fully saturated rings. The molecular weight excluding hydrogens is 594 g/mol. The van der Waals surface area contributed by atoms with Crippen LogP contribution in [0.2, 0.25) is 0 Å². The Hall–Kier alpha value is -5.09. The molecule has 0 saturated carbocycles. The lowest BCUT2D eigenvalue weighted by Crippen LogP contribution is -2.26. The van der Waals surface area contributed by atoms with Crippen molar-refractivity contribution in [3.63, 3.8) is 0 Å². The Kier molecular flexibility index (Phi) is 6.39. The van der Waals surface area contributed by atoms with E-state index in [4.69, 9.17) is 0 Å². The van der Waals surface area contributed by atoms with Crippen LogP contribution in [0.4, 0.5) is 0 Å². The van der Waals surface area contributed by atoms with Crippen molar-refractivity contribution in [2.24, 2.45) is 0 Å². The highest BCUT2D eigenvalue weighted by atomic mass is 79.9. The van der Waals surface area contributed by atoms with Gasteiger partial charge < -0.3 is 9.88 Å². The predicted molar refractivity (Wildman–Crippen MR) is 165 cm³/mol. The van der Waals surface area contributed by atoms with E-state index in [1.807, 2.05) is 55.6 Å². The second-order valence-corrected chi connectivity index (χ2v) is 11.1. The maximum Gasteiger partial charge on any atom is 0.258 e. The second kappa shape index (κ2) is 10.4. The highest BCUT2D eigenvalue weighted by Gasteiger charge is 2.17. The van der Waals surface area contributed by atoms with E-state index in [0.29, 0.717) is 29.1 Å². The summed E-state index contributed by atoms with van der Waals surface area (Å²) in [5.74, 6) is -0.303. The zero-order valence-corrected chi connectivity index (χ0v) is 24.1. The third-order valence-electron chi connectivity index (χ3n) is 7.29. The van der Waals surface area contributed by atoms with Crippen LogP contribution in [0, 0.1) is 6.92 Å². The van der Waals surface area contributed by atoms with E-state index < -0.39 is 0 Å². The zero-order valence-electron chi connectivity index (χ0n) is 22.5. The van der Waals surface area contributed by atoms with E-state index in [2.05, 4.69) is 65.4 Å². The van der Waals surface area contributed by atoms with Gasteiger partial charge in [0.25, 0.3) is 11.5 Å². The van der Waals surface area contributed by atoms with E-state index in [0.717, 1.165) is 26.8 Å². The number of nitrogens with zero attached hydrogens (tertiary/aromatic N) is 6. The molecule has 0 bridgehead atoms. The number of pyridine rings is 1. The van der Waals surface area contributed by atoms with Crippen molar-refractivity contribution in [1.29, 1.82) is 0 Å². The SMILES string of the molecule is Cc1ccc(C(=O)NCc2cc(=O)n3cc(Br)ccc3n2)c(-n2cc(Cn3c4ccccc4c4ccccc43)nn2)c1. The molecule has 0 unspecified atom stereocenters. The summed E-state index contributed by atoms with van der Waals surface area (Å²) in [5, 5.41) is 14.1. The Balaban J connectivity index is 1.17. The zero-order chi connectivity index (χ0) is 28.8. The Morgan fingerprint density at radius 1 is 0.881 bits per heavy atom. The summed E-state index contributed by atoms with van der Waals surface area (Å²) in [6.45, 7) is 2.59. The molecular formula is C32H24BrN7O2. The molecule has 4 heterocycles. The number of para-hydroxylation sites is 2. The van der Waals surface area contributed by atoms with E-state index in [1.165, 1.54) is 21.2 Å². The maximum absolute atomic E-state index is 13.4. The number of aryl methyl sites for hydroxylation is 1. The smallest absolute Gasteiger partial charge is 0.258 e. The molecule has 9 nitrogen and oxygen atoms in total. The molecule has 4 aromatic heterocycles. The van der Waals surface area contributed by atoms with E-state index >= 15 is 0 Å². The van der Waals surface area contributed by atoms with Crippen LogP contribution in [0.3, 0.4) is 0 Å². The first-order valence-corrected chi connectivity index (χ1v) is 14.2. The van der Waals surface area contributed by atoms with Crippen molar-refractivity contribution in [2.75, 3.05) is 0 Å². The largest absolute Gasteiger partial charge is 0.346 e. The number of amides is 1. The molecule has 0 atom stereocenters. The van der Waals surface area contributed by atoms with Crippen LogP contribution in [-0.4, -0.2) is 34.9 Å². The van der Waals surface area contributed by atoms with Gasteiger partial charge in [0.15, 0.2) is 0 Å². The molecule has 0 spiro atoms. The average molecular weight is 618 g/mol. The highest BCUT2D eigenvalue weighted by Crippen LogP contribution is 2.29. The van der Waals surface area contributed by atoms with Gasteiger partial charge in [-0.25, -0.2) is 9.67 Å². The van der Waals surface area contributed by atoms with Crippen molar-refractivity contribution in [2.45, 2.75) is 20.0 Å². The second-order valence-electron chi connectivity index (χ2n) is 10.1. The Morgan fingerprint density at radius 2 is 1.62 bits per heavy atom. The molecule has 42 heavy (non-hydrogen) atoms. The lowest BCUT2D eigenvalue weighted by molar-refractivity contribution is 0.0950. The van der Waals surface area contributed by atoms with Crippen LogP contribution >= 0.6 is 15.9 Å². The summed E-state index contributed by atoms with van der Waals surface area (Å²) in [6, 6.07) is 27.2. The van der Waals surface area contributed by atoms with E-state index in [-0.39, 0.29) is 18.0 Å².